The molecule has 2 heterocycles. The van der Waals surface area contributed by atoms with Gasteiger partial charge >= 0.3 is 0 Å². The third-order valence-electron chi connectivity index (χ3n) is 5.99. The number of hydrogen-bond donors (Lipinski definition) is 2. The highest BCUT2D eigenvalue weighted by molar-refractivity contribution is 6.31. The number of fused-ring (bicyclic) bond motifs is 1. The molecule has 2 aromatic rings. The second-order valence-corrected chi connectivity index (χ2v) is 8.13. The minimum atomic E-state index is -0.181. The number of anilines is 1. The number of piperidine rings is 1. The van der Waals surface area contributed by atoms with E-state index in [4.69, 9.17) is 11.6 Å². The first-order chi connectivity index (χ1) is 13.2. The molecule has 142 valence electrons. The molecular weight excluding hydrogens is 360 g/mol. The van der Waals surface area contributed by atoms with E-state index in [1.807, 2.05) is 18.2 Å². The van der Waals surface area contributed by atoms with Crippen molar-refractivity contribution >= 4 is 28.2 Å². The number of halogens is 1. The lowest BCUT2D eigenvalue weighted by atomic mass is 9.89. The third kappa shape index (κ3) is 3.89. The van der Waals surface area contributed by atoms with Gasteiger partial charge in [-0.05, 0) is 43.9 Å². The predicted molar refractivity (Wildman–Crippen MR) is 108 cm³/mol. The summed E-state index contributed by atoms with van der Waals surface area (Å²) in [6, 6.07) is 8.45. The van der Waals surface area contributed by atoms with Crippen LogP contribution >= 0.6 is 11.6 Å². The van der Waals surface area contributed by atoms with E-state index in [0.29, 0.717) is 22.7 Å². The summed E-state index contributed by atoms with van der Waals surface area (Å²) < 4.78 is 0. The Morgan fingerprint density at radius 2 is 1.96 bits per heavy atom. The molecule has 0 radical (unpaired) electrons. The van der Waals surface area contributed by atoms with Gasteiger partial charge in [-0.3, -0.25) is 9.88 Å². The molecule has 2 aliphatic rings. The molecule has 4 rings (SSSR count). The number of nitrogens with zero attached hydrogens (tertiary/aromatic N) is 3. The van der Waals surface area contributed by atoms with E-state index in [1.165, 1.54) is 6.42 Å². The van der Waals surface area contributed by atoms with Gasteiger partial charge in [-0.15, -0.1) is 0 Å². The standard InChI is InChI=1S/C21H25ClN4O/c22-15-5-6-18-17(11-15)21(14(12-23)13-24-18)25-16-7-9-26(10-8-16)19-3-1-2-4-20(19)27/h5-6,11,13,16,19-20,27H,1-4,7-10H2,(H,24,25). The summed E-state index contributed by atoms with van der Waals surface area (Å²) >= 11 is 6.18. The summed E-state index contributed by atoms with van der Waals surface area (Å²) in [4.78, 5) is 6.82. The highest BCUT2D eigenvalue weighted by Gasteiger charge is 2.31. The maximum atomic E-state index is 10.3. The van der Waals surface area contributed by atoms with E-state index in [0.717, 1.165) is 61.8 Å². The lowest BCUT2D eigenvalue weighted by Crippen LogP contribution is -2.50. The maximum absolute atomic E-state index is 10.3. The normalized spacial score (nSPS) is 24.6. The Balaban J connectivity index is 1.49. The van der Waals surface area contributed by atoms with Crippen molar-refractivity contribution < 1.29 is 5.11 Å². The minimum absolute atomic E-state index is 0.181. The molecule has 1 aliphatic heterocycles. The number of hydrogen-bond acceptors (Lipinski definition) is 5. The summed E-state index contributed by atoms with van der Waals surface area (Å²) in [7, 11) is 0. The predicted octanol–water partition coefficient (Wildman–Crippen LogP) is 3.94. The summed E-state index contributed by atoms with van der Waals surface area (Å²) in [5.74, 6) is 0. The first-order valence-electron chi connectivity index (χ1n) is 9.82. The van der Waals surface area contributed by atoms with Crippen molar-refractivity contribution in [2.75, 3.05) is 18.4 Å². The number of rotatable bonds is 3. The van der Waals surface area contributed by atoms with Crippen LogP contribution in [0.5, 0.6) is 0 Å². The SMILES string of the molecule is N#Cc1cnc2ccc(Cl)cc2c1NC1CCN(C2CCCCC2O)CC1. The molecule has 1 saturated carbocycles. The van der Waals surface area contributed by atoms with E-state index in [-0.39, 0.29) is 6.10 Å². The molecule has 0 bridgehead atoms. The van der Waals surface area contributed by atoms with Crippen molar-refractivity contribution in [1.29, 1.82) is 5.26 Å². The van der Waals surface area contributed by atoms with Gasteiger partial charge in [0.15, 0.2) is 0 Å². The number of nitrogens with one attached hydrogen (secondary N) is 1. The van der Waals surface area contributed by atoms with Gasteiger partial charge < -0.3 is 10.4 Å². The van der Waals surface area contributed by atoms with E-state index >= 15 is 0 Å². The molecule has 1 saturated heterocycles. The zero-order valence-electron chi connectivity index (χ0n) is 15.4. The second-order valence-electron chi connectivity index (χ2n) is 7.69. The van der Waals surface area contributed by atoms with Crippen molar-refractivity contribution in [2.45, 2.75) is 56.7 Å². The fourth-order valence-corrected chi connectivity index (χ4v) is 4.67. The highest BCUT2D eigenvalue weighted by atomic mass is 35.5. The molecule has 2 unspecified atom stereocenters. The largest absolute Gasteiger partial charge is 0.391 e. The third-order valence-corrected chi connectivity index (χ3v) is 6.23. The van der Waals surface area contributed by atoms with Gasteiger partial charge in [-0.2, -0.15) is 5.26 Å². The minimum Gasteiger partial charge on any atom is -0.391 e. The van der Waals surface area contributed by atoms with Crippen molar-refractivity contribution in [1.82, 2.24) is 9.88 Å². The first kappa shape index (κ1) is 18.5. The average Bonchev–Trinajstić information content (AvgIpc) is 2.69. The Hall–Kier alpha value is -1.87. The molecule has 1 aromatic carbocycles. The van der Waals surface area contributed by atoms with Crippen LogP contribution < -0.4 is 5.32 Å². The molecule has 2 atom stereocenters. The van der Waals surface area contributed by atoms with Gasteiger partial charge in [-0.25, -0.2) is 0 Å². The van der Waals surface area contributed by atoms with Gasteiger partial charge in [0.1, 0.15) is 6.07 Å². The number of aliphatic hydroxyl groups is 1. The molecule has 2 fully saturated rings. The molecule has 2 N–H and O–H groups in total. The van der Waals surface area contributed by atoms with Crippen LogP contribution in [-0.2, 0) is 0 Å². The number of pyridine rings is 1. The Morgan fingerprint density at radius 1 is 1.19 bits per heavy atom. The Morgan fingerprint density at radius 3 is 2.70 bits per heavy atom. The lowest BCUT2D eigenvalue weighted by molar-refractivity contribution is 0.00994. The van der Waals surface area contributed by atoms with E-state index in [1.54, 1.807) is 6.20 Å². The summed E-state index contributed by atoms with van der Waals surface area (Å²) in [5.41, 5.74) is 2.22. The zero-order chi connectivity index (χ0) is 18.8. The molecule has 5 nitrogen and oxygen atoms in total. The van der Waals surface area contributed by atoms with Crippen LogP contribution in [0.1, 0.15) is 44.1 Å². The van der Waals surface area contributed by atoms with Crippen LogP contribution in [0.4, 0.5) is 5.69 Å². The Labute approximate surface area is 165 Å². The molecule has 6 heteroatoms. The lowest BCUT2D eigenvalue weighted by Gasteiger charge is -2.42. The number of benzene rings is 1. The molecular formula is C21H25ClN4O. The highest BCUT2D eigenvalue weighted by Crippen LogP contribution is 2.31. The van der Waals surface area contributed by atoms with Crippen LogP contribution in [-0.4, -0.2) is 46.3 Å². The van der Waals surface area contributed by atoms with Crippen LogP contribution in [0.3, 0.4) is 0 Å². The van der Waals surface area contributed by atoms with Crippen LogP contribution in [0.15, 0.2) is 24.4 Å². The van der Waals surface area contributed by atoms with Gasteiger partial charge in [-0.1, -0.05) is 24.4 Å². The monoisotopic (exact) mass is 384 g/mol. The smallest absolute Gasteiger partial charge is 0.103 e. The van der Waals surface area contributed by atoms with E-state index < -0.39 is 0 Å². The quantitative estimate of drug-likeness (QED) is 0.838. The molecule has 0 amide bonds. The number of aliphatic hydroxyl groups excluding tert-OH is 1. The van der Waals surface area contributed by atoms with Gasteiger partial charge in [0.25, 0.3) is 0 Å². The fraction of sp³-hybridized carbons (Fsp3) is 0.524. The summed E-state index contributed by atoms with van der Waals surface area (Å²) in [5, 5.41) is 25.0. The summed E-state index contributed by atoms with van der Waals surface area (Å²) in [6.45, 7) is 1.95. The molecule has 27 heavy (non-hydrogen) atoms. The van der Waals surface area contributed by atoms with Crippen LogP contribution in [0, 0.1) is 11.3 Å². The van der Waals surface area contributed by atoms with Crippen molar-refractivity contribution in [3.05, 3.63) is 35.0 Å². The van der Waals surface area contributed by atoms with Crippen LogP contribution in [0.2, 0.25) is 5.02 Å². The van der Waals surface area contributed by atoms with Crippen molar-refractivity contribution in [3.8, 4) is 6.07 Å². The van der Waals surface area contributed by atoms with E-state index in [9.17, 15) is 10.4 Å². The second kappa shape index (κ2) is 8.02. The topological polar surface area (TPSA) is 72.2 Å². The maximum Gasteiger partial charge on any atom is 0.103 e. The van der Waals surface area contributed by atoms with Crippen molar-refractivity contribution in [3.63, 3.8) is 0 Å². The van der Waals surface area contributed by atoms with Gasteiger partial charge in [0.2, 0.25) is 0 Å². The first-order valence-corrected chi connectivity index (χ1v) is 10.2. The average molecular weight is 385 g/mol. The molecule has 1 aromatic heterocycles. The van der Waals surface area contributed by atoms with Crippen molar-refractivity contribution in [2.24, 2.45) is 0 Å². The molecule has 0 spiro atoms. The number of aromatic nitrogens is 1. The van der Waals surface area contributed by atoms with Gasteiger partial charge in [0, 0.05) is 41.8 Å². The number of nitriles is 1. The summed E-state index contributed by atoms with van der Waals surface area (Å²) in [6.07, 6.45) is 7.84. The Bertz CT molecular complexity index is 857. The Kier molecular flexibility index (Phi) is 5.49. The fourth-order valence-electron chi connectivity index (χ4n) is 4.50. The number of likely N-dealkylation sites (tertiary alicyclic amines) is 1. The molecule has 1 aliphatic carbocycles. The van der Waals surface area contributed by atoms with E-state index in [2.05, 4.69) is 21.3 Å². The zero-order valence-corrected chi connectivity index (χ0v) is 16.1. The van der Waals surface area contributed by atoms with Crippen LogP contribution in [0.25, 0.3) is 10.9 Å². The van der Waals surface area contributed by atoms with Gasteiger partial charge in [0.05, 0.1) is 22.9 Å².